The van der Waals surface area contributed by atoms with Crippen LogP contribution in [0.25, 0.3) is 0 Å². The van der Waals surface area contributed by atoms with Gasteiger partial charge in [-0.1, -0.05) is 30.3 Å². The van der Waals surface area contributed by atoms with Gasteiger partial charge in [0, 0.05) is 12.1 Å². The highest BCUT2D eigenvalue weighted by atomic mass is 16.6. The molecule has 0 fully saturated rings. The molecular formula is C14H12N2O5. The maximum absolute atomic E-state index is 12.0. The van der Waals surface area contributed by atoms with Crippen molar-refractivity contribution in [2.24, 2.45) is 0 Å². The number of benzene rings is 1. The second-order valence-corrected chi connectivity index (χ2v) is 4.42. The second-order valence-electron chi connectivity index (χ2n) is 4.42. The lowest BCUT2D eigenvalue weighted by molar-refractivity contribution is -0.386. The predicted octanol–water partition coefficient (Wildman–Crippen LogP) is 1.74. The average Bonchev–Trinajstić information content (AvgIpc) is 2.43. The molecule has 1 aromatic heterocycles. The summed E-state index contributed by atoms with van der Waals surface area (Å²) in [5, 5.41) is 20.4. The molecule has 0 spiro atoms. The average molecular weight is 288 g/mol. The summed E-state index contributed by atoms with van der Waals surface area (Å²) in [6, 6.07) is 8.89. The topological polar surface area (TPSA) is 102 Å². The molecule has 0 radical (unpaired) electrons. The molecule has 108 valence electrons. The van der Waals surface area contributed by atoms with E-state index in [1.807, 2.05) is 0 Å². The van der Waals surface area contributed by atoms with Crippen molar-refractivity contribution in [3.8, 4) is 0 Å². The van der Waals surface area contributed by atoms with Gasteiger partial charge in [-0.15, -0.1) is 0 Å². The van der Waals surface area contributed by atoms with Crippen LogP contribution in [0.2, 0.25) is 0 Å². The molecule has 1 atom stereocenters. The number of hydrogen-bond donors (Lipinski definition) is 1. The fourth-order valence-electron chi connectivity index (χ4n) is 2.19. The highest BCUT2D eigenvalue weighted by Crippen LogP contribution is 2.23. The molecule has 21 heavy (non-hydrogen) atoms. The first-order valence-electron chi connectivity index (χ1n) is 6.07. The van der Waals surface area contributed by atoms with Gasteiger partial charge in [-0.3, -0.25) is 19.5 Å². The highest BCUT2D eigenvalue weighted by molar-refractivity contribution is 5.76. The first-order chi connectivity index (χ1) is 9.93. The molecule has 0 amide bonds. The molecular weight excluding hydrogens is 276 g/mol. The molecule has 7 heteroatoms. The van der Waals surface area contributed by atoms with Gasteiger partial charge < -0.3 is 5.11 Å². The Balaban J connectivity index is 2.73. The van der Waals surface area contributed by atoms with Crippen LogP contribution < -0.4 is 5.56 Å². The number of carboxylic acids is 1. The number of nitro groups is 1. The Morgan fingerprint density at radius 3 is 2.38 bits per heavy atom. The van der Waals surface area contributed by atoms with Crippen LogP contribution >= 0.6 is 0 Å². The lowest BCUT2D eigenvalue weighted by atomic mass is 10.1. The summed E-state index contributed by atoms with van der Waals surface area (Å²) in [6.45, 7) is 1.36. The van der Waals surface area contributed by atoms with E-state index < -0.39 is 22.5 Å². The lowest BCUT2D eigenvalue weighted by Gasteiger charge is -2.18. The van der Waals surface area contributed by atoms with Crippen molar-refractivity contribution >= 4 is 11.7 Å². The molecule has 0 saturated heterocycles. The number of aliphatic carboxylic acids is 1. The molecule has 2 rings (SSSR count). The Labute approximate surface area is 119 Å². The molecule has 1 aromatic carbocycles. The molecule has 0 aliphatic rings. The molecule has 7 nitrogen and oxygen atoms in total. The van der Waals surface area contributed by atoms with Gasteiger partial charge in [-0.25, -0.2) is 4.79 Å². The first kappa shape index (κ1) is 14.4. The Morgan fingerprint density at radius 2 is 1.86 bits per heavy atom. The van der Waals surface area contributed by atoms with Crippen LogP contribution in [0.5, 0.6) is 0 Å². The van der Waals surface area contributed by atoms with Crippen molar-refractivity contribution in [1.82, 2.24) is 4.57 Å². The quantitative estimate of drug-likeness (QED) is 0.681. The molecule has 1 heterocycles. The second kappa shape index (κ2) is 5.58. The van der Waals surface area contributed by atoms with Gasteiger partial charge in [-0.05, 0) is 12.5 Å². The van der Waals surface area contributed by atoms with Crippen LogP contribution in [0, 0.1) is 17.0 Å². The number of aromatic nitrogens is 1. The number of pyridine rings is 1. The number of rotatable bonds is 4. The molecule has 0 saturated carbocycles. The van der Waals surface area contributed by atoms with E-state index in [0.717, 1.165) is 16.7 Å². The number of hydrogen-bond acceptors (Lipinski definition) is 4. The minimum atomic E-state index is -1.31. The van der Waals surface area contributed by atoms with Gasteiger partial charge in [0.15, 0.2) is 6.04 Å². The van der Waals surface area contributed by atoms with Crippen LogP contribution in [0.1, 0.15) is 17.3 Å². The molecule has 0 aliphatic heterocycles. The molecule has 0 bridgehead atoms. The molecule has 0 aliphatic carbocycles. The molecule has 2 aromatic rings. The number of carbonyl (C=O) groups is 1. The van der Waals surface area contributed by atoms with E-state index in [1.165, 1.54) is 6.92 Å². The smallest absolute Gasteiger partial charge is 0.331 e. The Morgan fingerprint density at radius 1 is 1.24 bits per heavy atom. The van der Waals surface area contributed by atoms with Gasteiger partial charge in [-0.2, -0.15) is 0 Å². The van der Waals surface area contributed by atoms with Crippen molar-refractivity contribution in [1.29, 1.82) is 0 Å². The minimum Gasteiger partial charge on any atom is -0.479 e. The largest absolute Gasteiger partial charge is 0.479 e. The van der Waals surface area contributed by atoms with Crippen LogP contribution in [0.15, 0.2) is 47.3 Å². The Kier molecular flexibility index (Phi) is 3.84. The van der Waals surface area contributed by atoms with E-state index >= 15 is 0 Å². The molecule has 1 unspecified atom stereocenters. The highest BCUT2D eigenvalue weighted by Gasteiger charge is 2.27. The summed E-state index contributed by atoms with van der Waals surface area (Å²) in [6.07, 6.45) is 0. The van der Waals surface area contributed by atoms with E-state index in [0.29, 0.717) is 5.56 Å². The normalized spacial score (nSPS) is 11.9. The first-order valence-corrected chi connectivity index (χ1v) is 6.07. The van der Waals surface area contributed by atoms with Crippen LogP contribution in [0.4, 0.5) is 5.69 Å². The van der Waals surface area contributed by atoms with E-state index in [4.69, 9.17) is 0 Å². The molecule has 1 N–H and O–H groups in total. The summed E-state index contributed by atoms with van der Waals surface area (Å²) in [5.74, 6) is -1.26. The van der Waals surface area contributed by atoms with E-state index in [1.54, 1.807) is 30.3 Å². The Hall–Kier alpha value is -2.96. The minimum absolute atomic E-state index is 0.00348. The van der Waals surface area contributed by atoms with Gasteiger partial charge in [0.05, 0.1) is 10.6 Å². The predicted molar refractivity (Wildman–Crippen MR) is 74.3 cm³/mol. The van der Waals surface area contributed by atoms with E-state index in [-0.39, 0.29) is 11.4 Å². The van der Waals surface area contributed by atoms with Gasteiger partial charge in [0.25, 0.3) is 11.2 Å². The fourth-order valence-corrected chi connectivity index (χ4v) is 2.19. The van der Waals surface area contributed by atoms with Gasteiger partial charge in [0.2, 0.25) is 0 Å². The summed E-state index contributed by atoms with van der Waals surface area (Å²) < 4.78 is 0.926. The summed E-state index contributed by atoms with van der Waals surface area (Å²) in [4.78, 5) is 33.9. The van der Waals surface area contributed by atoms with Crippen molar-refractivity contribution in [3.05, 3.63) is 74.2 Å². The number of carboxylic acid groups (broad SMARTS) is 1. The zero-order valence-corrected chi connectivity index (χ0v) is 11.1. The Bertz CT molecular complexity index is 752. The maximum Gasteiger partial charge on any atom is 0.331 e. The lowest BCUT2D eigenvalue weighted by Crippen LogP contribution is -2.32. The zero-order valence-electron chi connectivity index (χ0n) is 11.1. The summed E-state index contributed by atoms with van der Waals surface area (Å²) >= 11 is 0. The van der Waals surface area contributed by atoms with Gasteiger partial charge >= 0.3 is 5.97 Å². The SMILES string of the molecule is Cc1c([N+](=O)[O-])ccc(=O)n1C(C(=O)O)c1ccccc1. The standard InChI is InChI=1S/C14H12N2O5/c1-9-11(16(20)21)7-8-12(17)15(9)13(14(18)19)10-5-3-2-4-6-10/h2-8,13H,1H3,(H,18,19). The third kappa shape index (κ3) is 2.66. The summed E-state index contributed by atoms with van der Waals surface area (Å²) in [5.41, 5.74) is -0.523. The van der Waals surface area contributed by atoms with Crippen LogP contribution in [0.3, 0.4) is 0 Å². The summed E-state index contributed by atoms with van der Waals surface area (Å²) in [7, 11) is 0. The van der Waals surface area contributed by atoms with Crippen LogP contribution in [-0.2, 0) is 4.79 Å². The maximum atomic E-state index is 12.0. The van der Waals surface area contributed by atoms with Gasteiger partial charge in [0.1, 0.15) is 0 Å². The zero-order chi connectivity index (χ0) is 15.6. The van der Waals surface area contributed by atoms with Crippen molar-refractivity contribution in [2.75, 3.05) is 0 Å². The third-order valence-electron chi connectivity index (χ3n) is 3.16. The number of nitrogens with zero attached hydrogens (tertiary/aromatic N) is 2. The van der Waals surface area contributed by atoms with Crippen molar-refractivity contribution < 1.29 is 14.8 Å². The fraction of sp³-hybridized carbons (Fsp3) is 0.143. The monoisotopic (exact) mass is 288 g/mol. The van der Waals surface area contributed by atoms with Crippen molar-refractivity contribution in [3.63, 3.8) is 0 Å². The van der Waals surface area contributed by atoms with E-state index in [9.17, 15) is 24.8 Å². The van der Waals surface area contributed by atoms with Crippen LogP contribution in [-0.4, -0.2) is 20.6 Å². The van der Waals surface area contributed by atoms with Crippen molar-refractivity contribution in [2.45, 2.75) is 13.0 Å². The third-order valence-corrected chi connectivity index (χ3v) is 3.16. The van der Waals surface area contributed by atoms with E-state index in [2.05, 4.69) is 0 Å².